The van der Waals surface area contributed by atoms with Gasteiger partial charge in [-0.1, -0.05) is 0 Å². The Labute approximate surface area is 128 Å². The molecule has 0 spiro atoms. The van der Waals surface area contributed by atoms with Crippen molar-refractivity contribution in [3.05, 3.63) is 0 Å². The molecule has 0 unspecified atom stereocenters. The molecule has 0 bridgehead atoms. The number of alkyl carbamates (subject to hydrolysis) is 1. The Kier molecular flexibility index (Phi) is 5.70. The van der Waals surface area contributed by atoms with E-state index in [1.54, 1.807) is 20.8 Å². The van der Waals surface area contributed by atoms with Gasteiger partial charge in [-0.05, 0) is 46.5 Å². The van der Waals surface area contributed by atoms with Crippen molar-refractivity contribution >= 4 is 12.0 Å². The number of nitrogens with zero attached hydrogens (tertiary/aromatic N) is 1. The highest BCUT2D eigenvalue weighted by Crippen LogP contribution is 2.26. The maximum Gasteiger partial charge on any atom is 0.471 e. The first-order valence-electron chi connectivity index (χ1n) is 7.23. The van der Waals surface area contributed by atoms with Crippen LogP contribution in [-0.4, -0.2) is 47.8 Å². The van der Waals surface area contributed by atoms with Crippen LogP contribution < -0.4 is 5.32 Å². The Balaban J connectivity index is 2.44. The van der Waals surface area contributed by atoms with E-state index in [0.717, 1.165) is 4.90 Å². The molecular formula is C14H23F3N2O3. The fourth-order valence-electron chi connectivity index (χ4n) is 2.45. The number of carbonyl (C=O) groups excluding carboxylic acids is 2. The van der Waals surface area contributed by atoms with Crippen LogP contribution in [0.4, 0.5) is 18.0 Å². The van der Waals surface area contributed by atoms with Gasteiger partial charge in [0.15, 0.2) is 0 Å². The van der Waals surface area contributed by atoms with Gasteiger partial charge in [-0.15, -0.1) is 0 Å². The third-order valence-electron chi connectivity index (χ3n) is 3.53. The van der Waals surface area contributed by atoms with Crippen molar-refractivity contribution < 1.29 is 27.5 Å². The standard InChI is InChI=1S/C14H23F3N2O3/c1-13(2,3)22-12(21)18-9-5-7-10(8-6-9)19(4)11(20)14(15,16)17/h9-10H,5-8H2,1-4H3,(H,18,21)/t9-,10-. The Morgan fingerprint density at radius 2 is 1.59 bits per heavy atom. The average molecular weight is 324 g/mol. The zero-order valence-electron chi connectivity index (χ0n) is 13.3. The number of ether oxygens (including phenoxy) is 1. The molecule has 1 rings (SSSR count). The molecule has 0 saturated heterocycles. The molecule has 0 aromatic rings. The SMILES string of the molecule is CN(C(=O)C(F)(F)F)[C@H]1CC[C@H](NC(=O)OC(C)(C)C)CC1. The van der Waals surface area contributed by atoms with Crippen molar-refractivity contribution in [2.75, 3.05) is 7.05 Å². The number of carbonyl (C=O) groups is 2. The van der Waals surface area contributed by atoms with E-state index in [-0.39, 0.29) is 6.04 Å². The lowest BCUT2D eigenvalue weighted by molar-refractivity contribution is -0.186. The third kappa shape index (κ3) is 5.73. The van der Waals surface area contributed by atoms with Gasteiger partial charge in [0, 0.05) is 19.1 Å². The molecule has 1 saturated carbocycles. The van der Waals surface area contributed by atoms with Gasteiger partial charge in [-0.2, -0.15) is 13.2 Å². The van der Waals surface area contributed by atoms with Crippen LogP contribution in [0.1, 0.15) is 46.5 Å². The fraction of sp³-hybridized carbons (Fsp3) is 0.857. The number of amides is 2. The molecule has 2 amide bonds. The molecule has 128 valence electrons. The van der Waals surface area contributed by atoms with Crippen molar-refractivity contribution in [3.63, 3.8) is 0 Å². The van der Waals surface area contributed by atoms with Crippen LogP contribution in [0.5, 0.6) is 0 Å². The zero-order chi connectivity index (χ0) is 17.1. The number of hydrogen-bond donors (Lipinski definition) is 1. The minimum absolute atomic E-state index is 0.138. The number of rotatable bonds is 2. The van der Waals surface area contributed by atoms with Gasteiger partial charge in [0.1, 0.15) is 5.60 Å². The first-order chi connectivity index (χ1) is 9.90. The number of hydrogen-bond acceptors (Lipinski definition) is 3. The second-order valence-corrected chi connectivity index (χ2v) is 6.57. The third-order valence-corrected chi connectivity index (χ3v) is 3.53. The summed E-state index contributed by atoms with van der Waals surface area (Å²) in [6.07, 6.45) is -3.52. The summed E-state index contributed by atoms with van der Waals surface area (Å²) in [5.41, 5.74) is -0.597. The lowest BCUT2D eigenvalue weighted by Gasteiger charge is -2.35. The topological polar surface area (TPSA) is 58.6 Å². The fourth-order valence-corrected chi connectivity index (χ4v) is 2.45. The lowest BCUT2D eigenvalue weighted by atomic mass is 9.90. The highest BCUT2D eigenvalue weighted by molar-refractivity contribution is 5.81. The van der Waals surface area contributed by atoms with E-state index in [9.17, 15) is 22.8 Å². The first kappa shape index (κ1) is 18.6. The molecule has 0 heterocycles. The second kappa shape index (κ2) is 6.75. The summed E-state index contributed by atoms with van der Waals surface area (Å²) in [6, 6.07) is -0.591. The highest BCUT2D eigenvalue weighted by Gasteiger charge is 2.43. The lowest BCUT2D eigenvalue weighted by Crippen LogP contribution is -2.48. The van der Waals surface area contributed by atoms with Crippen molar-refractivity contribution in [1.82, 2.24) is 10.2 Å². The molecule has 0 aromatic carbocycles. The Hall–Kier alpha value is -1.47. The summed E-state index contributed by atoms with van der Waals surface area (Å²) < 4.78 is 42.3. The van der Waals surface area contributed by atoms with Gasteiger partial charge in [0.25, 0.3) is 0 Å². The minimum Gasteiger partial charge on any atom is -0.444 e. The normalized spacial score (nSPS) is 22.9. The van der Waals surface area contributed by atoms with Gasteiger partial charge in [0.05, 0.1) is 0 Å². The summed E-state index contributed by atoms with van der Waals surface area (Å²) in [5.74, 6) is -1.82. The molecule has 1 N–H and O–H groups in total. The smallest absolute Gasteiger partial charge is 0.444 e. The Bertz CT molecular complexity index is 411. The molecule has 1 aliphatic carbocycles. The van der Waals surface area contributed by atoms with E-state index < -0.39 is 29.8 Å². The summed E-state index contributed by atoms with van der Waals surface area (Å²) in [5, 5.41) is 2.71. The maximum absolute atomic E-state index is 12.4. The van der Waals surface area contributed by atoms with Crippen LogP contribution in [0.25, 0.3) is 0 Å². The number of alkyl halides is 3. The van der Waals surface area contributed by atoms with Gasteiger partial charge in [0.2, 0.25) is 0 Å². The van der Waals surface area contributed by atoms with Crippen molar-refractivity contribution in [3.8, 4) is 0 Å². The van der Waals surface area contributed by atoms with Crippen LogP contribution in [0.15, 0.2) is 0 Å². The summed E-state index contributed by atoms with van der Waals surface area (Å²) in [4.78, 5) is 23.6. The Morgan fingerprint density at radius 1 is 1.09 bits per heavy atom. The molecule has 5 nitrogen and oxygen atoms in total. The summed E-state index contributed by atoms with van der Waals surface area (Å²) in [7, 11) is 1.17. The predicted octanol–water partition coefficient (Wildman–Crippen LogP) is 2.84. The molecule has 22 heavy (non-hydrogen) atoms. The minimum atomic E-state index is -4.85. The summed E-state index contributed by atoms with van der Waals surface area (Å²) in [6.45, 7) is 5.25. The van der Waals surface area contributed by atoms with E-state index in [1.807, 2.05) is 0 Å². The zero-order valence-corrected chi connectivity index (χ0v) is 13.3. The van der Waals surface area contributed by atoms with Crippen LogP contribution in [0, 0.1) is 0 Å². The second-order valence-electron chi connectivity index (χ2n) is 6.57. The monoisotopic (exact) mass is 324 g/mol. The molecule has 8 heteroatoms. The van der Waals surface area contributed by atoms with E-state index >= 15 is 0 Å². The average Bonchev–Trinajstić information content (AvgIpc) is 2.34. The van der Waals surface area contributed by atoms with E-state index in [0.29, 0.717) is 25.7 Å². The number of halogens is 3. The molecule has 1 fully saturated rings. The van der Waals surface area contributed by atoms with E-state index in [2.05, 4.69) is 5.32 Å². The maximum atomic E-state index is 12.4. The number of nitrogens with one attached hydrogen (secondary N) is 1. The molecular weight excluding hydrogens is 301 g/mol. The van der Waals surface area contributed by atoms with Crippen molar-refractivity contribution in [2.45, 2.75) is 70.3 Å². The van der Waals surface area contributed by atoms with Crippen LogP contribution in [-0.2, 0) is 9.53 Å². The van der Waals surface area contributed by atoms with Crippen LogP contribution >= 0.6 is 0 Å². The van der Waals surface area contributed by atoms with E-state index in [1.165, 1.54) is 7.05 Å². The van der Waals surface area contributed by atoms with E-state index in [4.69, 9.17) is 4.74 Å². The van der Waals surface area contributed by atoms with Gasteiger partial charge in [-0.3, -0.25) is 4.79 Å². The quantitative estimate of drug-likeness (QED) is 0.850. The van der Waals surface area contributed by atoms with Crippen molar-refractivity contribution in [1.29, 1.82) is 0 Å². The predicted molar refractivity (Wildman–Crippen MR) is 74.2 cm³/mol. The van der Waals surface area contributed by atoms with Crippen LogP contribution in [0.3, 0.4) is 0 Å². The van der Waals surface area contributed by atoms with Gasteiger partial charge < -0.3 is 15.0 Å². The molecule has 0 aromatic heterocycles. The molecule has 0 radical (unpaired) electrons. The summed E-state index contributed by atoms with van der Waals surface area (Å²) >= 11 is 0. The molecule has 0 aliphatic heterocycles. The first-order valence-corrected chi connectivity index (χ1v) is 7.23. The molecule has 1 aliphatic rings. The largest absolute Gasteiger partial charge is 0.471 e. The highest BCUT2D eigenvalue weighted by atomic mass is 19.4. The van der Waals surface area contributed by atoms with Gasteiger partial charge >= 0.3 is 18.2 Å². The van der Waals surface area contributed by atoms with Crippen LogP contribution in [0.2, 0.25) is 0 Å². The molecule has 0 atom stereocenters. The Morgan fingerprint density at radius 3 is 2.00 bits per heavy atom. The van der Waals surface area contributed by atoms with Crippen molar-refractivity contribution in [2.24, 2.45) is 0 Å². The van der Waals surface area contributed by atoms with Gasteiger partial charge in [-0.25, -0.2) is 4.79 Å².